The van der Waals surface area contributed by atoms with Gasteiger partial charge in [0.2, 0.25) is 5.91 Å². The van der Waals surface area contributed by atoms with E-state index in [4.69, 9.17) is 9.47 Å². The number of benzene rings is 3. The molecular formula is C24H23NO3S. The van der Waals surface area contributed by atoms with Gasteiger partial charge in [-0.2, -0.15) is 0 Å². The number of carbonyl (C=O) groups is 1. The molecule has 0 fully saturated rings. The first kappa shape index (κ1) is 19.4. The monoisotopic (exact) mass is 405 g/mol. The van der Waals surface area contributed by atoms with Gasteiger partial charge in [0.1, 0.15) is 0 Å². The van der Waals surface area contributed by atoms with Crippen LogP contribution in [0.4, 0.5) is 5.69 Å². The number of hydrogen-bond donors (Lipinski definition) is 0. The van der Waals surface area contributed by atoms with Crippen LogP contribution in [-0.2, 0) is 11.3 Å². The molecule has 1 heterocycles. The molecule has 0 bridgehead atoms. The zero-order chi connectivity index (χ0) is 20.2. The Morgan fingerprint density at radius 2 is 1.66 bits per heavy atom. The van der Waals surface area contributed by atoms with Crippen LogP contribution in [0.2, 0.25) is 0 Å². The van der Waals surface area contributed by atoms with Crippen LogP contribution in [0.5, 0.6) is 11.5 Å². The molecule has 1 unspecified atom stereocenters. The van der Waals surface area contributed by atoms with E-state index >= 15 is 0 Å². The van der Waals surface area contributed by atoms with Crippen LogP contribution in [-0.4, -0.2) is 20.1 Å². The second kappa shape index (κ2) is 8.62. The third kappa shape index (κ3) is 4.10. The van der Waals surface area contributed by atoms with E-state index < -0.39 is 0 Å². The fourth-order valence-electron chi connectivity index (χ4n) is 3.56. The summed E-state index contributed by atoms with van der Waals surface area (Å²) in [7, 11) is 3.25. The minimum atomic E-state index is 0.00392. The van der Waals surface area contributed by atoms with Gasteiger partial charge in [-0.05, 0) is 35.4 Å². The van der Waals surface area contributed by atoms with Gasteiger partial charge in [-0.25, -0.2) is 0 Å². The molecule has 0 saturated heterocycles. The molecule has 0 saturated carbocycles. The number of fused-ring (bicyclic) bond motifs is 1. The highest BCUT2D eigenvalue weighted by atomic mass is 32.2. The number of anilines is 1. The van der Waals surface area contributed by atoms with Gasteiger partial charge in [-0.3, -0.25) is 4.79 Å². The number of carbonyl (C=O) groups excluding carboxylic acids is 1. The van der Waals surface area contributed by atoms with E-state index in [1.807, 2.05) is 59.5 Å². The topological polar surface area (TPSA) is 38.8 Å². The number of rotatable bonds is 5. The largest absolute Gasteiger partial charge is 0.493 e. The van der Waals surface area contributed by atoms with Crippen molar-refractivity contribution in [2.75, 3.05) is 19.1 Å². The highest BCUT2D eigenvalue weighted by Gasteiger charge is 2.29. The van der Waals surface area contributed by atoms with E-state index in [0.29, 0.717) is 24.5 Å². The predicted molar refractivity (Wildman–Crippen MR) is 117 cm³/mol. The van der Waals surface area contributed by atoms with Crippen molar-refractivity contribution >= 4 is 23.4 Å². The molecule has 0 spiro atoms. The quantitative estimate of drug-likeness (QED) is 0.564. The summed E-state index contributed by atoms with van der Waals surface area (Å²) in [6, 6.07) is 24.1. The number of nitrogens with zero attached hydrogens (tertiary/aromatic N) is 1. The summed E-state index contributed by atoms with van der Waals surface area (Å²) in [5, 5.41) is 0.00392. The number of para-hydroxylation sites is 1. The molecule has 1 aliphatic heterocycles. The molecule has 1 amide bonds. The lowest BCUT2D eigenvalue weighted by Gasteiger charge is -2.22. The van der Waals surface area contributed by atoms with Crippen molar-refractivity contribution in [1.29, 1.82) is 0 Å². The van der Waals surface area contributed by atoms with Crippen LogP contribution < -0.4 is 14.4 Å². The zero-order valence-electron chi connectivity index (χ0n) is 16.5. The maximum absolute atomic E-state index is 13.3. The maximum Gasteiger partial charge on any atom is 0.228 e. The van der Waals surface area contributed by atoms with Crippen molar-refractivity contribution in [2.45, 2.75) is 23.1 Å². The fraction of sp³-hybridized carbons (Fsp3) is 0.208. The molecule has 148 valence electrons. The van der Waals surface area contributed by atoms with Crippen LogP contribution in [0, 0.1) is 0 Å². The second-order valence-corrected chi connectivity index (χ2v) is 8.10. The zero-order valence-corrected chi connectivity index (χ0v) is 17.3. The molecule has 4 rings (SSSR count). The number of amides is 1. The minimum Gasteiger partial charge on any atom is -0.493 e. The van der Waals surface area contributed by atoms with Gasteiger partial charge < -0.3 is 14.4 Å². The van der Waals surface area contributed by atoms with Crippen molar-refractivity contribution < 1.29 is 14.3 Å². The lowest BCUT2D eigenvalue weighted by molar-refractivity contribution is -0.118. The normalized spacial score (nSPS) is 16.1. The molecule has 1 aliphatic rings. The first-order valence-electron chi connectivity index (χ1n) is 9.51. The summed E-state index contributed by atoms with van der Waals surface area (Å²) in [6.07, 6.45) is 0.418. The van der Waals surface area contributed by atoms with Gasteiger partial charge in [0.25, 0.3) is 0 Å². The Balaban J connectivity index is 1.69. The average Bonchev–Trinajstić information content (AvgIpc) is 2.90. The Morgan fingerprint density at radius 1 is 0.931 bits per heavy atom. The third-order valence-electron chi connectivity index (χ3n) is 5.05. The number of hydrogen-bond acceptors (Lipinski definition) is 4. The summed E-state index contributed by atoms with van der Waals surface area (Å²) in [6.45, 7) is 0.565. The van der Waals surface area contributed by atoms with Crippen LogP contribution in [0.25, 0.3) is 0 Å². The van der Waals surface area contributed by atoms with E-state index in [2.05, 4.69) is 18.2 Å². The minimum absolute atomic E-state index is 0.00392. The first-order valence-corrected chi connectivity index (χ1v) is 10.4. The van der Waals surface area contributed by atoms with Crippen molar-refractivity contribution in [3.63, 3.8) is 0 Å². The second-order valence-electron chi connectivity index (χ2n) is 6.86. The standard InChI is InChI=1S/C24H23NO3S/c1-27-20-13-12-18(14-21(20)28-2)23-15-24(26)25(16-17-8-4-3-5-9-17)19-10-6-7-11-22(19)29-23/h3-14,23H,15-16H2,1-2H3. The summed E-state index contributed by atoms with van der Waals surface area (Å²) in [5.41, 5.74) is 3.14. The van der Waals surface area contributed by atoms with E-state index in [0.717, 1.165) is 21.7 Å². The number of ether oxygens (including phenoxy) is 2. The summed E-state index contributed by atoms with van der Waals surface area (Å²) < 4.78 is 10.8. The molecule has 0 aromatic heterocycles. The molecule has 0 aliphatic carbocycles. The maximum atomic E-state index is 13.3. The molecule has 4 nitrogen and oxygen atoms in total. The fourth-order valence-corrected chi connectivity index (χ4v) is 4.83. The van der Waals surface area contributed by atoms with Gasteiger partial charge >= 0.3 is 0 Å². The van der Waals surface area contributed by atoms with Crippen LogP contribution in [0.1, 0.15) is 22.8 Å². The molecular weight excluding hydrogens is 382 g/mol. The Morgan fingerprint density at radius 3 is 2.41 bits per heavy atom. The van der Waals surface area contributed by atoms with Crippen LogP contribution >= 0.6 is 11.8 Å². The van der Waals surface area contributed by atoms with Gasteiger partial charge in [0.15, 0.2) is 11.5 Å². The van der Waals surface area contributed by atoms with E-state index in [9.17, 15) is 4.79 Å². The lowest BCUT2D eigenvalue weighted by atomic mass is 10.1. The summed E-state index contributed by atoms with van der Waals surface area (Å²) >= 11 is 1.72. The molecule has 29 heavy (non-hydrogen) atoms. The molecule has 0 radical (unpaired) electrons. The van der Waals surface area contributed by atoms with E-state index in [1.54, 1.807) is 26.0 Å². The van der Waals surface area contributed by atoms with Gasteiger partial charge in [-0.15, -0.1) is 11.8 Å². The highest BCUT2D eigenvalue weighted by molar-refractivity contribution is 7.99. The molecule has 3 aromatic carbocycles. The average molecular weight is 406 g/mol. The van der Waals surface area contributed by atoms with Crippen LogP contribution in [0.3, 0.4) is 0 Å². The number of methoxy groups -OCH3 is 2. The van der Waals surface area contributed by atoms with Crippen molar-refractivity contribution in [3.8, 4) is 11.5 Å². The van der Waals surface area contributed by atoms with Gasteiger partial charge in [0, 0.05) is 16.6 Å². The van der Waals surface area contributed by atoms with Gasteiger partial charge in [-0.1, -0.05) is 48.5 Å². The van der Waals surface area contributed by atoms with Gasteiger partial charge in [0.05, 0.1) is 26.5 Å². The van der Waals surface area contributed by atoms with E-state index in [1.165, 1.54) is 0 Å². The molecule has 1 atom stereocenters. The summed E-state index contributed by atoms with van der Waals surface area (Å²) in [5.74, 6) is 1.48. The molecule has 0 N–H and O–H groups in total. The SMILES string of the molecule is COc1ccc(C2CC(=O)N(Cc3ccccc3)c3ccccc3S2)cc1OC. The van der Waals surface area contributed by atoms with Crippen molar-refractivity contribution in [1.82, 2.24) is 0 Å². The van der Waals surface area contributed by atoms with Crippen molar-refractivity contribution in [2.24, 2.45) is 0 Å². The number of thioether (sulfide) groups is 1. The molecule has 3 aromatic rings. The summed E-state index contributed by atoms with van der Waals surface area (Å²) in [4.78, 5) is 16.3. The lowest BCUT2D eigenvalue weighted by Crippen LogP contribution is -2.30. The van der Waals surface area contributed by atoms with Crippen molar-refractivity contribution in [3.05, 3.63) is 83.9 Å². The Kier molecular flexibility index (Phi) is 5.76. The third-order valence-corrected chi connectivity index (χ3v) is 6.37. The smallest absolute Gasteiger partial charge is 0.228 e. The Bertz CT molecular complexity index is 1010. The molecule has 5 heteroatoms. The highest BCUT2D eigenvalue weighted by Crippen LogP contribution is 2.47. The van der Waals surface area contributed by atoms with E-state index in [-0.39, 0.29) is 11.2 Å². The Hall–Kier alpha value is -2.92. The van der Waals surface area contributed by atoms with Crippen LogP contribution in [0.15, 0.2) is 77.7 Å². The Labute approximate surface area is 175 Å². The predicted octanol–water partition coefficient (Wildman–Crippen LogP) is 5.47. The first-order chi connectivity index (χ1) is 14.2.